The Balaban J connectivity index is 2.91. The van der Waals surface area contributed by atoms with Gasteiger partial charge in [-0.25, -0.2) is 9.97 Å². The van der Waals surface area contributed by atoms with Gasteiger partial charge in [0.1, 0.15) is 22.4 Å². The number of anilines is 2. The van der Waals surface area contributed by atoms with Crippen molar-refractivity contribution in [2.24, 2.45) is 5.92 Å². The topological polar surface area (TPSA) is 41.1 Å². The summed E-state index contributed by atoms with van der Waals surface area (Å²) in [6.07, 6.45) is 1.59. The zero-order valence-electron chi connectivity index (χ0n) is 10.3. The first-order valence-corrected chi connectivity index (χ1v) is 6.31. The fraction of sp³-hybridized carbons (Fsp3) is 0.636. The second-order valence-corrected chi connectivity index (χ2v) is 4.96. The highest BCUT2D eigenvalue weighted by molar-refractivity contribution is 9.10. The van der Waals surface area contributed by atoms with Gasteiger partial charge in [0.15, 0.2) is 0 Å². The number of aromatic nitrogens is 2. The molecule has 0 atom stereocenters. The molecule has 0 saturated carbocycles. The van der Waals surface area contributed by atoms with E-state index in [0.717, 1.165) is 29.2 Å². The van der Waals surface area contributed by atoms with Gasteiger partial charge in [-0.05, 0) is 28.8 Å². The van der Waals surface area contributed by atoms with Gasteiger partial charge in [0.05, 0.1) is 0 Å². The Hall–Kier alpha value is -0.840. The fourth-order valence-electron chi connectivity index (χ4n) is 1.55. The van der Waals surface area contributed by atoms with E-state index in [4.69, 9.17) is 0 Å². The van der Waals surface area contributed by atoms with Crippen molar-refractivity contribution in [3.63, 3.8) is 0 Å². The van der Waals surface area contributed by atoms with Gasteiger partial charge in [0.2, 0.25) is 0 Å². The molecule has 0 saturated heterocycles. The van der Waals surface area contributed by atoms with Crippen LogP contribution in [-0.4, -0.2) is 30.1 Å². The smallest absolute Gasteiger partial charge is 0.148 e. The zero-order valence-corrected chi connectivity index (χ0v) is 11.9. The van der Waals surface area contributed by atoms with Gasteiger partial charge < -0.3 is 10.2 Å². The van der Waals surface area contributed by atoms with Crippen LogP contribution in [0.5, 0.6) is 0 Å². The normalized spacial score (nSPS) is 10.6. The highest BCUT2D eigenvalue weighted by Crippen LogP contribution is 2.28. The molecule has 16 heavy (non-hydrogen) atoms. The van der Waals surface area contributed by atoms with Crippen molar-refractivity contribution < 1.29 is 0 Å². The number of nitrogens with one attached hydrogen (secondary N) is 1. The van der Waals surface area contributed by atoms with E-state index in [2.05, 4.69) is 50.0 Å². The average molecular weight is 287 g/mol. The molecule has 1 heterocycles. The molecule has 0 aliphatic heterocycles. The summed E-state index contributed by atoms with van der Waals surface area (Å²) < 4.78 is 0.931. The van der Waals surface area contributed by atoms with Crippen LogP contribution < -0.4 is 10.2 Å². The van der Waals surface area contributed by atoms with Gasteiger partial charge in [0, 0.05) is 20.1 Å². The molecule has 0 spiro atoms. The third-order valence-electron chi connectivity index (χ3n) is 2.12. The molecule has 0 aliphatic rings. The van der Waals surface area contributed by atoms with Crippen LogP contribution in [0.1, 0.15) is 20.8 Å². The Morgan fingerprint density at radius 3 is 2.69 bits per heavy atom. The van der Waals surface area contributed by atoms with Gasteiger partial charge in [-0.3, -0.25) is 0 Å². The summed E-state index contributed by atoms with van der Waals surface area (Å²) in [5.74, 6) is 2.39. The highest BCUT2D eigenvalue weighted by atomic mass is 79.9. The van der Waals surface area contributed by atoms with E-state index in [1.54, 1.807) is 6.33 Å². The molecule has 5 heteroatoms. The first-order valence-electron chi connectivity index (χ1n) is 5.51. The van der Waals surface area contributed by atoms with Gasteiger partial charge in [-0.2, -0.15) is 0 Å². The quantitative estimate of drug-likeness (QED) is 0.904. The van der Waals surface area contributed by atoms with Crippen molar-refractivity contribution in [1.82, 2.24) is 9.97 Å². The summed E-state index contributed by atoms with van der Waals surface area (Å²) in [6, 6.07) is 0. The van der Waals surface area contributed by atoms with Crippen LogP contribution >= 0.6 is 15.9 Å². The van der Waals surface area contributed by atoms with Gasteiger partial charge in [-0.15, -0.1) is 0 Å². The van der Waals surface area contributed by atoms with Crippen LogP contribution in [0.4, 0.5) is 11.6 Å². The predicted octanol–water partition coefficient (Wildman–Crippen LogP) is 2.76. The molecule has 0 radical (unpaired) electrons. The number of hydrogen-bond acceptors (Lipinski definition) is 4. The lowest BCUT2D eigenvalue weighted by atomic mass is 10.2. The Labute approximate surface area is 106 Å². The molecular weight excluding hydrogens is 268 g/mol. The van der Waals surface area contributed by atoms with Crippen molar-refractivity contribution in [3.8, 4) is 0 Å². The van der Waals surface area contributed by atoms with Crippen molar-refractivity contribution in [2.45, 2.75) is 20.8 Å². The summed E-state index contributed by atoms with van der Waals surface area (Å²) in [4.78, 5) is 10.6. The Kier molecular flexibility index (Phi) is 4.99. The van der Waals surface area contributed by atoms with E-state index >= 15 is 0 Å². The van der Waals surface area contributed by atoms with Crippen molar-refractivity contribution in [2.75, 3.05) is 30.4 Å². The van der Waals surface area contributed by atoms with Crippen LogP contribution in [0.15, 0.2) is 10.8 Å². The van der Waals surface area contributed by atoms with E-state index in [9.17, 15) is 0 Å². The average Bonchev–Trinajstić information content (AvgIpc) is 2.20. The first kappa shape index (κ1) is 13.2. The molecule has 0 unspecified atom stereocenters. The monoisotopic (exact) mass is 286 g/mol. The van der Waals surface area contributed by atoms with E-state index in [1.165, 1.54) is 0 Å². The molecule has 0 aliphatic carbocycles. The maximum atomic E-state index is 4.30. The molecule has 1 N–H and O–H groups in total. The minimum Gasteiger partial charge on any atom is -0.369 e. The lowest BCUT2D eigenvalue weighted by Crippen LogP contribution is -2.24. The second kappa shape index (κ2) is 6.03. The van der Waals surface area contributed by atoms with Crippen LogP contribution in [0.2, 0.25) is 0 Å². The molecule has 4 nitrogen and oxygen atoms in total. The molecule has 1 aromatic rings. The molecule has 0 fully saturated rings. The molecular formula is C11H19BrN4. The van der Waals surface area contributed by atoms with Crippen molar-refractivity contribution in [3.05, 3.63) is 10.8 Å². The second-order valence-electron chi connectivity index (χ2n) is 4.16. The number of halogens is 1. The van der Waals surface area contributed by atoms with Crippen LogP contribution in [-0.2, 0) is 0 Å². The molecule has 1 rings (SSSR count). The van der Waals surface area contributed by atoms with Gasteiger partial charge in [-0.1, -0.05) is 13.8 Å². The molecule has 0 bridgehead atoms. The predicted molar refractivity (Wildman–Crippen MR) is 72.0 cm³/mol. The first-order chi connectivity index (χ1) is 7.56. The largest absolute Gasteiger partial charge is 0.369 e. The lowest BCUT2D eigenvalue weighted by Gasteiger charge is -2.22. The van der Waals surface area contributed by atoms with Crippen LogP contribution in [0, 0.1) is 5.92 Å². The number of nitrogens with zero attached hydrogens (tertiary/aromatic N) is 3. The SMILES string of the molecule is CCNc1ncnc(N(C)CC(C)C)c1Br. The van der Waals surface area contributed by atoms with E-state index < -0.39 is 0 Å². The maximum absolute atomic E-state index is 4.30. The highest BCUT2D eigenvalue weighted by Gasteiger charge is 2.12. The Bertz CT molecular complexity index is 341. The summed E-state index contributed by atoms with van der Waals surface area (Å²) in [6.45, 7) is 8.25. The molecule has 1 aromatic heterocycles. The van der Waals surface area contributed by atoms with Gasteiger partial charge in [0.25, 0.3) is 0 Å². The van der Waals surface area contributed by atoms with Crippen molar-refractivity contribution >= 4 is 27.6 Å². The van der Waals surface area contributed by atoms with E-state index in [-0.39, 0.29) is 0 Å². The van der Waals surface area contributed by atoms with Crippen LogP contribution in [0.25, 0.3) is 0 Å². The molecule has 0 amide bonds. The minimum absolute atomic E-state index is 0.606. The summed E-state index contributed by atoms with van der Waals surface area (Å²) >= 11 is 3.54. The van der Waals surface area contributed by atoms with Crippen molar-refractivity contribution in [1.29, 1.82) is 0 Å². The summed E-state index contributed by atoms with van der Waals surface area (Å²) in [5, 5.41) is 3.20. The lowest BCUT2D eigenvalue weighted by molar-refractivity contribution is 0.633. The third kappa shape index (κ3) is 3.33. The molecule has 90 valence electrons. The zero-order chi connectivity index (χ0) is 12.1. The molecule has 0 aromatic carbocycles. The third-order valence-corrected chi connectivity index (χ3v) is 2.85. The van der Waals surface area contributed by atoms with Crippen LogP contribution in [0.3, 0.4) is 0 Å². The van der Waals surface area contributed by atoms with Gasteiger partial charge >= 0.3 is 0 Å². The fourth-order valence-corrected chi connectivity index (χ4v) is 2.20. The Morgan fingerprint density at radius 2 is 2.12 bits per heavy atom. The number of rotatable bonds is 5. The Morgan fingerprint density at radius 1 is 1.44 bits per heavy atom. The minimum atomic E-state index is 0.606. The van der Waals surface area contributed by atoms with E-state index in [1.807, 2.05) is 14.0 Å². The summed E-state index contributed by atoms with van der Waals surface area (Å²) in [5.41, 5.74) is 0. The standard InChI is InChI=1S/C11H19BrN4/c1-5-13-10-9(12)11(15-7-14-10)16(4)6-8(2)3/h7-8H,5-6H2,1-4H3,(H,13,14,15). The maximum Gasteiger partial charge on any atom is 0.148 e. The number of hydrogen-bond donors (Lipinski definition) is 1. The van der Waals surface area contributed by atoms with E-state index in [0.29, 0.717) is 5.92 Å². The summed E-state index contributed by atoms with van der Waals surface area (Å²) in [7, 11) is 2.04.